The van der Waals surface area contributed by atoms with Gasteiger partial charge in [0.1, 0.15) is 13.2 Å². The van der Waals surface area contributed by atoms with Crippen molar-refractivity contribution < 1.29 is 28.6 Å². The van der Waals surface area contributed by atoms with Crippen LogP contribution in [0.5, 0.6) is 0 Å². The van der Waals surface area contributed by atoms with Crippen molar-refractivity contribution in [1.82, 2.24) is 0 Å². The van der Waals surface area contributed by atoms with E-state index in [4.69, 9.17) is 14.2 Å². The molecule has 76 heavy (non-hydrogen) atoms. The molecule has 0 aromatic rings. The minimum Gasteiger partial charge on any atom is -0.462 e. The molecule has 448 valence electrons. The molecule has 0 fully saturated rings. The topological polar surface area (TPSA) is 78.9 Å². The lowest BCUT2D eigenvalue weighted by Gasteiger charge is -2.18. The summed E-state index contributed by atoms with van der Waals surface area (Å²) in [6, 6.07) is 0. The van der Waals surface area contributed by atoms with E-state index in [0.717, 1.165) is 64.2 Å². The average molecular weight is 1070 g/mol. The van der Waals surface area contributed by atoms with Crippen LogP contribution in [0.4, 0.5) is 0 Å². The van der Waals surface area contributed by atoms with Crippen molar-refractivity contribution in [2.24, 2.45) is 0 Å². The van der Waals surface area contributed by atoms with Gasteiger partial charge in [-0.3, -0.25) is 14.4 Å². The number of hydrogen-bond donors (Lipinski definition) is 0. The summed E-state index contributed by atoms with van der Waals surface area (Å²) < 4.78 is 17.0. The van der Waals surface area contributed by atoms with Crippen LogP contribution in [0.25, 0.3) is 0 Å². The smallest absolute Gasteiger partial charge is 0.306 e. The van der Waals surface area contributed by atoms with E-state index in [2.05, 4.69) is 45.1 Å². The van der Waals surface area contributed by atoms with E-state index in [1.807, 2.05) is 0 Å². The molecule has 0 radical (unpaired) electrons. The minimum absolute atomic E-state index is 0.0693. The van der Waals surface area contributed by atoms with Gasteiger partial charge in [-0.05, 0) is 70.6 Å². The van der Waals surface area contributed by atoms with Gasteiger partial charge >= 0.3 is 17.9 Å². The molecule has 0 aromatic carbocycles. The molecule has 0 aliphatic rings. The summed E-state index contributed by atoms with van der Waals surface area (Å²) in [6.45, 7) is 6.70. The summed E-state index contributed by atoms with van der Waals surface area (Å²) in [5, 5.41) is 0. The van der Waals surface area contributed by atoms with Crippen molar-refractivity contribution >= 4 is 17.9 Å². The first-order chi connectivity index (χ1) is 37.5. The lowest BCUT2D eigenvalue weighted by atomic mass is 10.0. The third-order valence-electron chi connectivity index (χ3n) is 15.7. The van der Waals surface area contributed by atoms with E-state index in [1.165, 1.54) is 283 Å². The molecule has 0 aliphatic carbocycles. The van der Waals surface area contributed by atoms with Crippen LogP contribution >= 0.6 is 0 Å². The van der Waals surface area contributed by atoms with Gasteiger partial charge in [0.25, 0.3) is 0 Å². The van der Waals surface area contributed by atoms with Crippen LogP contribution in [0.1, 0.15) is 387 Å². The zero-order valence-electron chi connectivity index (χ0n) is 51.6. The van der Waals surface area contributed by atoms with Gasteiger partial charge in [0.05, 0.1) is 0 Å². The Kier molecular flexibility index (Phi) is 63.6. The molecule has 0 amide bonds. The molecular weight excluding hydrogens is 937 g/mol. The normalized spacial score (nSPS) is 12.1. The quantitative estimate of drug-likeness (QED) is 0.0261. The van der Waals surface area contributed by atoms with Gasteiger partial charge in [-0.2, -0.15) is 0 Å². The maximum Gasteiger partial charge on any atom is 0.306 e. The first-order valence-corrected chi connectivity index (χ1v) is 34.3. The van der Waals surface area contributed by atoms with E-state index >= 15 is 0 Å². The maximum atomic E-state index is 12.9. The summed E-state index contributed by atoms with van der Waals surface area (Å²) >= 11 is 0. The van der Waals surface area contributed by atoms with Crippen LogP contribution in [0.2, 0.25) is 0 Å². The predicted octanol–water partition coefficient (Wildman–Crippen LogP) is 23.4. The van der Waals surface area contributed by atoms with Gasteiger partial charge in [0.15, 0.2) is 6.10 Å². The molecular formula is C70H132O6. The van der Waals surface area contributed by atoms with E-state index in [0.29, 0.717) is 19.3 Å². The van der Waals surface area contributed by atoms with Gasteiger partial charge < -0.3 is 14.2 Å². The summed E-state index contributed by atoms with van der Waals surface area (Å²) in [4.78, 5) is 38.4. The van der Waals surface area contributed by atoms with Crippen LogP contribution in [0.3, 0.4) is 0 Å². The Hall–Kier alpha value is -2.11. The van der Waals surface area contributed by atoms with Gasteiger partial charge in [-0.25, -0.2) is 0 Å². The summed E-state index contributed by atoms with van der Waals surface area (Å²) in [7, 11) is 0. The number of unbranched alkanes of at least 4 members (excludes halogenated alkanes) is 49. The number of rotatable bonds is 64. The Morgan fingerprint density at radius 2 is 0.434 bits per heavy atom. The first-order valence-electron chi connectivity index (χ1n) is 34.3. The van der Waals surface area contributed by atoms with E-state index in [-0.39, 0.29) is 31.1 Å². The van der Waals surface area contributed by atoms with Gasteiger partial charge in [0.2, 0.25) is 0 Å². The fourth-order valence-corrected chi connectivity index (χ4v) is 10.5. The zero-order chi connectivity index (χ0) is 55.0. The van der Waals surface area contributed by atoms with Gasteiger partial charge in [-0.1, -0.05) is 321 Å². The Morgan fingerprint density at radius 3 is 0.658 bits per heavy atom. The van der Waals surface area contributed by atoms with Crippen LogP contribution in [-0.4, -0.2) is 37.2 Å². The molecule has 6 nitrogen and oxygen atoms in total. The monoisotopic (exact) mass is 1070 g/mol. The highest BCUT2D eigenvalue weighted by Gasteiger charge is 2.19. The zero-order valence-corrected chi connectivity index (χ0v) is 51.6. The molecule has 0 heterocycles. The molecule has 1 atom stereocenters. The van der Waals surface area contributed by atoms with Crippen LogP contribution in [0, 0.1) is 0 Å². The van der Waals surface area contributed by atoms with E-state index < -0.39 is 6.10 Å². The summed E-state index contributed by atoms with van der Waals surface area (Å²) in [5.41, 5.74) is 0. The largest absolute Gasteiger partial charge is 0.462 e. The maximum absolute atomic E-state index is 12.9. The van der Waals surface area contributed by atoms with Crippen molar-refractivity contribution in [3.8, 4) is 0 Å². The van der Waals surface area contributed by atoms with Gasteiger partial charge in [0, 0.05) is 19.3 Å². The molecule has 1 unspecified atom stereocenters. The van der Waals surface area contributed by atoms with Gasteiger partial charge in [-0.15, -0.1) is 0 Å². The van der Waals surface area contributed by atoms with E-state index in [9.17, 15) is 14.4 Å². The van der Waals surface area contributed by atoms with Crippen molar-refractivity contribution in [3.63, 3.8) is 0 Å². The Balaban J connectivity index is 4.29. The fourth-order valence-electron chi connectivity index (χ4n) is 10.5. The highest BCUT2D eigenvalue weighted by Crippen LogP contribution is 2.18. The highest BCUT2D eigenvalue weighted by molar-refractivity contribution is 5.71. The SMILES string of the molecule is CCCCCCCC/C=C\CCCCCCCC(=O)OCC(COC(=O)CCCCCCCCCCCCCCCCCCCCCCCC)OC(=O)CCCCCCCCCCC/C=C\CCCCCCCCCC. The standard InChI is InChI=1S/C70H132O6/c1-4-7-10-13-16-19-22-25-28-30-32-34-36-37-39-42-45-48-51-54-57-60-63-69(72)75-66-67(65-74-68(71)62-59-56-53-50-47-44-41-27-24-21-18-15-12-9-6-3)76-70(73)64-61-58-55-52-49-46-43-40-38-35-33-31-29-26-23-20-17-14-11-8-5-2/h27,31,33,41,67H,4-26,28-30,32,34-40,42-66H2,1-3H3/b33-31-,41-27-. The van der Waals surface area contributed by atoms with Crippen molar-refractivity contribution in [2.75, 3.05) is 13.2 Å². The summed E-state index contributed by atoms with van der Waals surface area (Å²) in [6.07, 6.45) is 79.1. The van der Waals surface area contributed by atoms with E-state index in [1.54, 1.807) is 0 Å². The second-order valence-corrected chi connectivity index (χ2v) is 23.4. The lowest BCUT2D eigenvalue weighted by Crippen LogP contribution is -2.30. The summed E-state index contributed by atoms with van der Waals surface area (Å²) in [5.74, 6) is -0.850. The number of carbonyl (C=O) groups is 3. The first kappa shape index (κ1) is 73.9. The molecule has 0 spiro atoms. The molecule has 0 aromatic heterocycles. The van der Waals surface area contributed by atoms with Crippen molar-refractivity contribution in [3.05, 3.63) is 24.3 Å². The fraction of sp³-hybridized carbons (Fsp3) is 0.900. The molecule has 0 saturated carbocycles. The minimum atomic E-state index is -0.774. The molecule has 0 saturated heterocycles. The third kappa shape index (κ3) is 62.7. The number of esters is 3. The Labute approximate surface area is 474 Å². The van der Waals surface area contributed by atoms with Crippen LogP contribution in [0.15, 0.2) is 24.3 Å². The lowest BCUT2D eigenvalue weighted by molar-refractivity contribution is -0.167. The Bertz CT molecular complexity index is 1230. The molecule has 0 aliphatic heterocycles. The van der Waals surface area contributed by atoms with Crippen LogP contribution in [-0.2, 0) is 28.6 Å². The Morgan fingerprint density at radius 1 is 0.250 bits per heavy atom. The molecule has 0 N–H and O–H groups in total. The number of hydrogen-bond acceptors (Lipinski definition) is 6. The average Bonchev–Trinajstić information content (AvgIpc) is 3.42. The number of allylic oxidation sites excluding steroid dienone is 4. The predicted molar refractivity (Wildman–Crippen MR) is 330 cm³/mol. The van der Waals surface area contributed by atoms with Crippen molar-refractivity contribution in [2.45, 2.75) is 393 Å². The number of ether oxygens (including phenoxy) is 3. The second-order valence-electron chi connectivity index (χ2n) is 23.4. The van der Waals surface area contributed by atoms with Crippen molar-refractivity contribution in [1.29, 1.82) is 0 Å². The van der Waals surface area contributed by atoms with Crippen LogP contribution < -0.4 is 0 Å². The molecule has 0 bridgehead atoms. The highest BCUT2D eigenvalue weighted by atomic mass is 16.6. The second kappa shape index (κ2) is 65.4. The third-order valence-corrected chi connectivity index (χ3v) is 15.7. The number of carbonyl (C=O) groups excluding carboxylic acids is 3. The molecule has 0 rings (SSSR count). The molecule has 6 heteroatoms.